The number of nitriles is 1. The Morgan fingerprint density at radius 2 is 1.91 bits per heavy atom. The molecule has 0 aromatic carbocycles. The van der Waals surface area contributed by atoms with Gasteiger partial charge in [-0.3, -0.25) is 4.79 Å². The predicted molar refractivity (Wildman–Crippen MR) is 119 cm³/mol. The maximum absolute atomic E-state index is 14.2. The van der Waals surface area contributed by atoms with E-state index in [1.165, 1.54) is 0 Å². The SMILES string of the molecule is N#CC1CCCC(CN(C(=O)C2(OC(=O)N3CCOCC3)CCCCC2)C2CCNC2)C1. The van der Waals surface area contributed by atoms with E-state index in [9.17, 15) is 14.9 Å². The van der Waals surface area contributed by atoms with Crippen molar-refractivity contribution in [2.45, 2.75) is 75.9 Å². The second-order valence-corrected chi connectivity index (χ2v) is 9.99. The number of ether oxygens (including phenoxy) is 2. The lowest BCUT2D eigenvalue weighted by Crippen LogP contribution is -2.58. The van der Waals surface area contributed by atoms with Crippen LogP contribution in [0.25, 0.3) is 0 Å². The second kappa shape index (κ2) is 10.8. The molecular formula is C24H38N4O4. The van der Waals surface area contributed by atoms with Gasteiger partial charge in [0.25, 0.3) is 5.91 Å². The molecule has 1 N–H and O–H groups in total. The van der Waals surface area contributed by atoms with Crippen LogP contribution in [0.1, 0.15) is 64.2 Å². The van der Waals surface area contributed by atoms with Gasteiger partial charge in [-0.15, -0.1) is 0 Å². The third-order valence-corrected chi connectivity index (χ3v) is 7.76. The molecule has 4 rings (SSSR count). The molecule has 0 bridgehead atoms. The summed E-state index contributed by atoms with van der Waals surface area (Å²) in [5, 5.41) is 12.8. The maximum Gasteiger partial charge on any atom is 0.410 e. The molecule has 0 radical (unpaired) electrons. The molecule has 2 saturated heterocycles. The zero-order valence-corrected chi connectivity index (χ0v) is 19.2. The van der Waals surface area contributed by atoms with Gasteiger partial charge in [0.1, 0.15) is 0 Å². The summed E-state index contributed by atoms with van der Waals surface area (Å²) in [5.41, 5.74) is -1.06. The number of amides is 2. The Hall–Kier alpha value is -1.85. The number of carbonyl (C=O) groups excluding carboxylic acids is 2. The van der Waals surface area contributed by atoms with Crippen molar-refractivity contribution in [2.75, 3.05) is 45.9 Å². The van der Waals surface area contributed by atoms with Gasteiger partial charge >= 0.3 is 6.09 Å². The molecule has 4 fully saturated rings. The first-order valence-corrected chi connectivity index (χ1v) is 12.6. The van der Waals surface area contributed by atoms with Crippen molar-refractivity contribution in [1.82, 2.24) is 15.1 Å². The van der Waals surface area contributed by atoms with Gasteiger partial charge in [-0.25, -0.2) is 4.79 Å². The Labute approximate surface area is 191 Å². The van der Waals surface area contributed by atoms with E-state index in [1.807, 2.05) is 4.90 Å². The standard InChI is InChI=1S/C24H38N4O4/c25-16-19-5-4-6-20(15-19)18-28(21-7-10-26-17-21)22(29)24(8-2-1-3-9-24)32-23(30)27-11-13-31-14-12-27/h19-21,26H,1-15,17-18H2. The fraction of sp³-hybridized carbons (Fsp3) is 0.875. The van der Waals surface area contributed by atoms with Crippen molar-refractivity contribution in [1.29, 1.82) is 5.26 Å². The minimum Gasteiger partial charge on any atom is -0.433 e. The molecule has 178 valence electrons. The molecule has 8 nitrogen and oxygen atoms in total. The summed E-state index contributed by atoms with van der Waals surface area (Å²) in [6.45, 7) is 4.40. The Morgan fingerprint density at radius 1 is 1.12 bits per heavy atom. The predicted octanol–water partition coefficient (Wildman–Crippen LogP) is 2.68. The van der Waals surface area contributed by atoms with Crippen LogP contribution in [0.15, 0.2) is 0 Å². The van der Waals surface area contributed by atoms with Crippen molar-refractivity contribution in [3.8, 4) is 6.07 Å². The van der Waals surface area contributed by atoms with Gasteiger partial charge in [0.2, 0.25) is 0 Å². The molecular weight excluding hydrogens is 408 g/mol. The first-order valence-electron chi connectivity index (χ1n) is 12.6. The van der Waals surface area contributed by atoms with Gasteiger partial charge < -0.3 is 24.6 Å². The van der Waals surface area contributed by atoms with Gasteiger partial charge in [0.15, 0.2) is 5.60 Å². The van der Waals surface area contributed by atoms with Gasteiger partial charge in [-0.05, 0) is 63.8 Å². The molecule has 4 aliphatic rings. The minimum absolute atomic E-state index is 0.00779. The summed E-state index contributed by atoms with van der Waals surface area (Å²) in [6, 6.07) is 2.57. The molecule has 3 unspecified atom stereocenters. The average Bonchev–Trinajstić information content (AvgIpc) is 3.38. The fourth-order valence-corrected chi connectivity index (χ4v) is 5.88. The summed E-state index contributed by atoms with van der Waals surface area (Å²) in [6.07, 6.45) is 8.55. The van der Waals surface area contributed by atoms with Crippen LogP contribution in [-0.2, 0) is 14.3 Å². The van der Waals surface area contributed by atoms with E-state index in [-0.39, 0.29) is 24.0 Å². The Bertz CT molecular complexity index is 691. The smallest absolute Gasteiger partial charge is 0.410 e. The summed E-state index contributed by atoms with van der Waals surface area (Å²) in [4.78, 5) is 30.9. The van der Waals surface area contributed by atoms with Gasteiger partial charge in [0, 0.05) is 38.1 Å². The molecule has 2 saturated carbocycles. The maximum atomic E-state index is 14.2. The van der Waals surface area contributed by atoms with Crippen LogP contribution in [0.2, 0.25) is 0 Å². The van der Waals surface area contributed by atoms with Gasteiger partial charge in [-0.1, -0.05) is 12.8 Å². The normalized spacial score (nSPS) is 30.3. The number of nitrogens with one attached hydrogen (secondary N) is 1. The van der Waals surface area contributed by atoms with Crippen LogP contribution < -0.4 is 5.32 Å². The summed E-state index contributed by atoms with van der Waals surface area (Å²) < 4.78 is 11.5. The van der Waals surface area contributed by atoms with E-state index < -0.39 is 5.60 Å². The Morgan fingerprint density at radius 3 is 2.59 bits per heavy atom. The highest BCUT2D eigenvalue weighted by Crippen LogP contribution is 2.37. The van der Waals surface area contributed by atoms with Crippen LogP contribution in [-0.4, -0.2) is 79.4 Å². The quantitative estimate of drug-likeness (QED) is 0.698. The van der Waals surface area contributed by atoms with E-state index in [0.717, 1.165) is 64.5 Å². The molecule has 2 heterocycles. The largest absolute Gasteiger partial charge is 0.433 e. The first-order chi connectivity index (χ1) is 15.6. The fourth-order valence-electron chi connectivity index (χ4n) is 5.88. The van der Waals surface area contributed by atoms with Crippen LogP contribution in [0.3, 0.4) is 0 Å². The number of hydrogen-bond donors (Lipinski definition) is 1. The number of rotatable bonds is 5. The molecule has 2 amide bonds. The number of nitrogens with zero attached hydrogens (tertiary/aromatic N) is 3. The zero-order valence-electron chi connectivity index (χ0n) is 19.2. The first kappa shape index (κ1) is 23.3. The third kappa shape index (κ3) is 5.37. The molecule has 8 heteroatoms. The number of hydrogen-bond acceptors (Lipinski definition) is 6. The second-order valence-electron chi connectivity index (χ2n) is 9.99. The number of morpholine rings is 1. The highest BCUT2D eigenvalue weighted by atomic mass is 16.6. The molecule has 2 aliphatic heterocycles. The van der Waals surface area contributed by atoms with E-state index in [0.29, 0.717) is 51.6 Å². The topological polar surface area (TPSA) is 94.9 Å². The highest BCUT2D eigenvalue weighted by molar-refractivity contribution is 5.88. The lowest BCUT2D eigenvalue weighted by Gasteiger charge is -2.43. The molecule has 2 aliphatic carbocycles. The van der Waals surface area contributed by atoms with Crippen molar-refractivity contribution in [3.05, 3.63) is 0 Å². The summed E-state index contributed by atoms with van der Waals surface area (Å²) in [7, 11) is 0. The molecule has 3 atom stereocenters. The Balaban J connectivity index is 1.52. The van der Waals surface area contributed by atoms with E-state index in [1.54, 1.807) is 4.90 Å². The van der Waals surface area contributed by atoms with Gasteiger partial charge in [0.05, 0.1) is 19.3 Å². The van der Waals surface area contributed by atoms with E-state index in [2.05, 4.69) is 11.4 Å². The Kier molecular flexibility index (Phi) is 7.90. The monoisotopic (exact) mass is 446 g/mol. The summed E-state index contributed by atoms with van der Waals surface area (Å²) in [5.74, 6) is 0.426. The molecule has 0 aromatic rings. The third-order valence-electron chi connectivity index (χ3n) is 7.76. The minimum atomic E-state index is -1.06. The molecule has 0 aromatic heterocycles. The highest BCUT2D eigenvalue weighted by Gasteiger charge is 2.48. The molecule has 32 heavy (non-hydrogen) atoms. The van der Waals surface area contributed by atoms with Crippen LogP contribution in [0.4, 0.5) is 4.79 Å². The van der Waals surface area contributed by atoms with E-state index >= 15 is 0 Å². The van der Waals surface area contributed by atoms with Crippen molar-refractivity contribution in [3.63, 3.8) is 0 Å². The summed E-state index contributed by atoms with van der Waals surface area (Å²) >= 11 is 0. The average molecular weight is 447 g/mol. The molecule has 0 spiro atoms. The van der Waals surface area contributed by atoms with Crippen LogP contribution in [0.5, 0.6) is 0 Å². The zero-order chi connectivity index (χ0) is 22.4. The van der Waals surface area contributed by atoms with Crippen molar-refractivity contribution in [2.24, 2.45) is 11.8 Å². The van der Waals surface area contributed by atoms with Crippen LogP contribution >= 0.6 is 0 Å². The number of carbonyl (C=O) groups is 2. The van der Waals surface area contributed by atoms with E-state index in [4.69, 9.17) is 9.47 Å². The van der Waals surface area contributed by atoms with Gasteiger partial charge in [-0.2, -0.15) is 5.26 Å². The lowest BCUT2D eigenvalue weighted by molar-refractivity contribution is -0.160. The van der Waals surface area contributed by atoms with Crippen LogP contribution in [0, 0.1) is 23.2 Å². The van der Waals surface area contributed by atoms with Crippen molar-refractivity contribution < 1.29 is 19.1 Å². The lowest BCUT2D eigenvalue weighted by atomic mass is 9.80. The van der Waals surface area contributed by atoms with Crippen molar-refractivity contribution >= 4 is 12.0 Å².